The lowest BCUT2D eigenvalue weighted by Crippen LogP contribution is -2.33. The van der Waals surface area contributed by atoms with Crippen LogP contribution in [-0.4, -0.2) is 53.6 Å². The fourth-order valence-corrected chi connectivity index (χ4v) is 3.90. The zero-order valence-corrected chi connectivity index (χ0v) is 21.1. The van der Waals surface area contributed by atoms with Gasteiger partial charge in [-0.15, -0.1) is 5.10 Å². The van der Waals surface area contributed by atoms with Crippen LogP contribution in [0.1, 0.15) is 93.7 Å². The van der Waals surface area contributed by atoms with Gasteiger partial charge in [-0.1, -0.05) is 5.21 Å². The third-order valence-electron chi connectivity index (χ3n) is 5.95. The van der Waals surface area contributed by atoms with E-state index < -0.39 is 29.1 Å². The summed E-state index contributed by atoms with van der Waals surface area (Å²) >= 11 is 0. The third kappa shape index (κ3) is 5.37. The van der Waals surface area contributed by atoms with Crippen LogP contribution in [0.15, 0.2) is 24.7 Å². The Balaban J connectivity index is 1.65. The molecule has 0 saturated heterocycles. The molecule has 10 heteroatoms. The number of nitrogens with zero attached hydrogens (tertiary/aromatic N) is 5. The van der Waals surface area contributed by atoms with Crippen molar-refractivity contribution in [1.29, 1.82) is 0 Å². The van der Waals surface area contributed by atoms with Crippen LogP contribution in [-0.2, 0) is 20.8 Å². The Morgan fingerprint density at radius 3 is 2.51 bits per heavy atom. The fourth-order valence-electron chi connectivity index (χ4n) is 3.90. The molecule has 0 bridgehead atoms. The van der Waals surface area contributed by atoms with Gasteiger partial charge in [-0.3, -0.25) is 4.79 Å². The molecule has 3 aromatic heterocycles. The maximum atomic E-state index is 12.6. The van der Waals surface area contributed by atoms with E-state index in [1.54, 1.807) is 41.5 Å². The molecule has 3 heterocycles. The van der Waals surface area contributed by atoms with Crippen LogP contribution in [0.25, 0.3) is 5.65 Å². The van der Waals surface area contributed by atoms with E-state index in [1.807, 2.05) is 22.9 Å². The Morgan fingerprint density at radius 2 is 1.89 bits per heavy atom. The summed E-state index contributed by atoms with van der Waals surface area (Å²) in [6.07, 6.45) is 6.48. The second-order valence-electron chi connectivity index (χ2n) is 10.6. The van der Waals surface area contributed by atoms with Crippen molar-refractivity contribution < 1.29 is 24.2 Å². The first-order valence-corrected chi connectivity index (χ1v) is 11.9. The molecule has 0 aromatic carbocycles. The van der Waals surface area contributed by atoms with Crippen molar-refractivity contribution in [1.82, 2.24) is 24.4 Å². The van der Waals surface area contributed by atoms with Gasteiger partial charge in [0.2, 0.25) is 0 Å². The summed E-state index contributed by atoms with van der Waals surface area (Å²) in [7, 11) is 0. The number of pyridine rings is 1. The average Bonchev–Trinajstić information content (AvgIpc) is 3.38. The number of rotatable bonds is 8. The summed E-state index contributed by atoms with van der Waals surface area (Å²) in [4.78, 5) is 29.6. The standard InChI is InChI=1S/C25H33N5O5/c1-7-34-23(33)25(5,6)20(31)18-10-16(15-8-9-15)11-29-12-17(26-21(18)29)13-30-14-19(27-28-30)22(32)35-24(2,3)4/h10-12,14-15,20,31H,7-9,13H2,1-6H3. The van der Waals surface area contributed by atoms with Gasteiger partial charge in [0.1, 0.15) is 11.2 Å². The van der Waals surface area contributed by atoms with Crippen LogP contribution in [0.2, 0.25) is 0 Å². The molecule has 188 valence electrons. The van der Waals surface area contributed by atoms with E-state index in [4.69, 9.17) is 14.5 Å². The highest BCUT2D eigenvalue weighted by atomic mass is 16.6. The second kappa shape index (κ2) is 9.07. The number of ether oxygens (including phenoxy) is 2. The van der Waals surface area contributed by atoms with E-state index in [-0.39, 0.29) is 18.8 Å². The van der Waals surface area contributed by atoms with Crippen LogP contribution in [0, 0.1) is 5.41 Å². The topological polar surface area (TPSA) is 121 Å². The molecule has 4 rings (SSSR count). The molecule has 1 atom stereocenters. The molecule has 0 amide bonds. The van der Waals surface area contributed by atoms with Gasteiger partial charge in [-0.2, -0.15) is 0 Å². The number of aromatic nitrogens is 5. The molecule has 10 nitrogen and oxygen atoms in total. The molecular formula is C25H33N5O5. The van der Waals surface area contributed by atoms with Gasteiger partial charge >= 0.3 is 11.9 Å². The lowest BCUT2D eigenvalue weighted by Gasteiger charge is -2.28. The minimum Gasteiger partial charge on any atom is -0.465 e. The quantitative estimate of drug-likeness (QED) is 0.484. The largest absolute Gasteiger partial charge is 0.465 e. The van der Waals surface area contributed by atoms with Crippen molar-refractivity contribution in [2.75, 3.05) is 6.61 Å². The molecule has 1 fully saturated rings. The molecule has 3 aromatic rings. The van der Waals surface area contributed by atoms with Gasteiger partial charge in [0.25, 0.3) is 0 Å². The first-order valence-electron chi connectivity index (χ1n) is 11.9. The molecule has 0 radical (unpaired) electrons. The van der Waals surface area contributed by atoms with Crippen LogP contribution >= 0.6 is 0 Å². The number of aliphatic hydroxyl groups is 1. The summed E-state index contributed by atoms with van der Waals surface area (Å²) in [5, 5.41) is 19.3. The summed E-state index contributed by atoms with van der Waals surface area (Å²) in [6, 6.07) is 1.95. The fraction of sp³-hybridized carbons (Fsp3) is 0.560. The lowest BCUT2D eigenvalue weighted by molar-refractivity contribution is -0.160. The zero-order valence-electron chi connectivity index (χ0n) is 21.1. The monoisotopic (exact) mass is 483 g/mol. The van der Waals surface area contributed by atoms with Crippen molar-refractivity contribution in [2.24, 2.45) is 5.41 Å². The Labute approximate surface area is 204 Å². The van der Waals surface area contributed by atoms with E-state index in [1.165, 1.54) is 10.9 Å². The second-order valence-corrected chi connectivity index (χ2v) is 10.6. The molecule has 1 aliphatic carbocycles. The van der Waals surface area contributed by atoms with Gasteiger partial charge in [0, 0.05) is 18.0 Å². The molecule has 1 unspecified atom stereocenters. The summed E-state index contributed by atoms with van der Waals surface area (Å²) < 4.78 is 14.0. The van der Waals surface area contributed by atoms with E-state index in [9.17, 15) is 14.7 Å². The van der Waals surface area contributed by atoms with E-state index >= 15 is 0 Å². The van der Waals surface area contributed by atoms with Crippen molar-refractivity contribution in [3.8, 4) is 0 Å². The highest BCUT2D eigenvalue weighted by Crippen LogP contribution is 2.43. The molecule has 0 aliphatic heterocycles. The van der Waals surface area contributed by atoms with Gasteiger partial charge in [0.05, 0.1) is 36.6 Å². The molecule has 1 N–H and O–H groups in total. The smallest absolute Gasteiger partial charge is 0.361 e. The van der Waals surface area contributed by atoms with E-state index in [2.05, 4.69) is 10.3 Å². The molecular weight excluding hydrogens is 450 g/mol. The maximum absolute atomic E-state index is 12.6. The predicted molar refractivity (Wildman–Crippen MR) is 127 cm³/mol. The van der Waals surface area contributed by atoms with E-state index in [0.717, 1.165) is 18.4 Å². The number of carbonyl (C=O) groups is 2. The number of esters is 2. The van der Waals surface area contributed by atoms with Crippen molar-refractivity contribution in [2.45, 2.75) is 78.6 Å². The van der Waals surface area contributed by atoms with Crippen LogP contribution < -0.4 is 0 Å². The zero-order chi connectivity index (χ0) is 25.5. The lowest BCUT2D eigenvalue weighted by atomic mass is 9.82. The number of carbonyl (C=O) groups excluding carboxylic acids is 2. The number of hydrogen-bond acceptors (Lipinski definition) is 8. The molecule has 0 spiro atoms. The van der Waals surface area contributed by atoms with Crippen molar-refractivity contribution >= 4 is 17.6 Å². The third-order valence-corrected chi connectivity index (χ3v) is 5.95. The first-order chi connectivity index (χ1) is 16.4. The highest BCUT2D eigenvalue weighted by Gasteiger charge is 2.40. The number of aliphatic hydroxyl groups excluding tert-OH is 1. The SMILES string of the molecule is CCOC(=O)C(C)(C)C(O)c1cc(C2CC2)cn2cc(Cn3cc(C(=O)OC(C)(C)C)nn3)nc12. The van der Waals surface area contributed by atoms with Crippen molar-refractivity contribution in [3.05, 3.63) is 47.2 Å². The Bertz CT molecular complexity index is 1250. The average molecular weight is 484 g/mol. The van der Waals surface area contributed by atoms with Crippen LogP contribution in [0.4, 0.5) is 0 Å². The minimum absolute atomic E-state index is 0.118. The highest BCUT2D eigenvalue weighted by molar-refractivity contribution is 5.87. The van der Waals surface area contributed by atoms with Crippen molar-refractivity contribution in [3.63, 3.8) is 0 Å². The van der Waals surface area contributed by atoms with E-state index in [0.29, 0.717) is 22.8 Å². The normalized spacial score (nSPS) is 15.3. The minimum atomic E-state index is -1.15. The summed E-state index contributed by atoms with van der Waals surface area (Å²) in [6.45, 7) is 11.0. The Kier molecular flexibility index (Phi) is 6.44. The maximum Gasteiger partial charge on any atom is 0.361 e. The van der Waals surface area contributed by atoms with Crippen LogP contribution in [0.5, 0.6) is 0 Å². The molecule has 1 aliphatic rings. The molecule has 1 saturated carbocycles. The number of imidazole rings is 1. The predicted octanol–water partition coefficient (Wildman–Crippen LogP) is 3.43. The number of fused-ring (bicyclic) bond motifs is 1. The molecule has 35 heavy (non-hydrogen) atoms. The summed E-state index contributed by atoms with van der Waals surface area (Å²) in [5.74, 6) is -0.570. The Hall–Kier alpha value is -3.27. The Morgan fingerprint density at radius 1 is 1.17 bits per heavy atom. The van der Waals surface area contributed by atoms with Gasteiger partial charge in [0.15, 0.2) is 5.69 Å². The van der Waals surface area contributed by atoms with Gasteiger partial charge < -0.3 is 19.0 Å². The van der Waals surface area contributed by atoms with Crippen LogP contribution in [0.3, 0.4) is 0 Å². The summed E-state index contributed by atoms with van der Waals surface area (Å²) in [5.41, 5.74) is 1.24. The van der Waals surface area contributed by atoms with Gasteiger partial charge in [-0.25, -0.2) is 14.5 Å². The van der Waals surface area contributed by atoms with Gasteiger partial charge in [-0.05, 0) is 71.9 Å². The first kappa shape index (κ1) is 24.8. The number of hydrogen-bond donors (Lipinski definition) is 1.